The second-order valence-electron chi connectivity index (χ2n) is 6.80. The number of aromatic nitrogens is 2. The highest BCUT2D eigenvalue weighted by molar-refractivity contribution is 6.09. The number of aliphatic carboxylic acids is 1. The summed E-state index contributed by atoms with van der Waals surface area (Å²) in [6, 6.07) is 7.44. The van der Waals surface area contributed by atoms with Crippen molar-refractivity contribution in [1.29, 1.82) is 0 Å². The van der Waals surface area contributed by atoms with Crippen molar-refractivity contribution in [3.05, 3.63) is 47.3 Å². The van der Waals surface area contributed by atoms with Gasteiger partial charge in [-0.2, -0.15) is 5.10 Å². The molecule has 7 nitrogen and oxygen atoms in total. The molecule has 0 spiro atoms. The maximum absolute atomic E-state index is 13.1. The van der Waals surface area contributed by atoms with Gasteiger partial charge in [-0.25, -0.2) is 0 Å². The smallest absolute Gasteiger partial charge is 0.312 e. The molecule has 0 radical (unpaired) electrons. The first kappa shape index (κ1) is 16.8. The predicted molar refractivity (Wildman–Crippen MR) is 94.5 cm³/mol. The summed E-state index contributed by atoms with van der Waals surface area (Å²) in [7, 11) is 0. The molecule has 1 saturated heterocycles. The zero-order chi connectivity index (χ0) is 18.3. The maximum Gasteiger partial charge on any atom is 0.312 e. The summed E-state index contributed by atoms with van der Waals surface area (Å²) in [5, 5.41) is 13.9. The van der Waals surface area contributed by atoms with Crippen molar-refractivity contribution in [2.24, 2.45) is 0 Å². The molecule has 1 atom stereocenters. The second kappa shape index (κ2) is 6.57. The van der Waals surface area contributed by atoms with Crippen molar-refractivity contribution < 1.29 is 19.4 Å². The van der Waals surface area contributed by atoms with Gasteiger partial charge in [0.2, 0.25) is 0 Å². The van der Waals surface area contributed by atoms with Gasteiger partial charge in [-0.1, -0.05) is 18.2 Å². The Hall–Kier alpha value is -2.67. The van der Waals surface area contributed by atoms with E-state index in [1.807, 2.05) is 17.7 Å². The summed E-state index contributed by atoms with van der Waals surface area (Å²) in [5.41, 5.74) is 2.70. The van der Waals surface area contributed by atoms with Crippen LogP contribution in [0.1, 0.15) is 46.4 Å². The van der Waals surface area contributed by atoms with E-state index in [9.17, 15) is 14.7 Å². The first-order valence-corrected chi connectivity index (χ1v) is 8.83. The Labute approximate surface area is 151 Å². The lowest BCUT2D eigenvalue weighted by Gasteiger charge is -2.24. The number of fused-ring (bicyclic) bond motifs is 1. The topological polar surface area (TPSA) is 84.7 Å². The van der Waals surface area contributed by atoms with E-state index in [0.29, 0.717) is 30.0 Å². The molecule has 1 aromatic carbocycles. The van der Waals surface area contributed by atoms with Crippen LogP contribution in [-0.2, 0) is 9.53 Å². The SMILES string of the molecule is Cc1c(C(=O)N2CC(C(=O)O)c3ccccc32)cnn1C1CCOCC1. The van der Waals surface area contributed by atoms with Crippen LogP contribution < -0.4 is 4.90 Å². The normalized spacial score (nSPS) is 20.2. The first-order valence-electron chi connectivity index (χ1n) is 8.83. The number of hydrogen-bond donors (Lipinski definition) is 1. The minimum atomic E-state index is -0.914. The Morgan fingerprint density at radius 3 is 2.69 bits per heavy atom. The van der Waals surface area contributed by atoms with Gasteiger partial charge in [-0.3, -0.25) is 14.3 Å². The van der Waals surface area contributed by atoms with Crippen LogP contribution >= 0.6 is 0 Å². The molecule has 0 saturated carbocycles. The van der Waals surface area contributed by atoms with Gasteiger partial charge in [-0.15, -0.1) is 0 Å². The third-order valence-corrected chi connectivity index (χ3v) is 5.32. The Kier molecular flexibility index (Phi) is 4.24. The fourth-order valence-electron chi connectivity index (χ4n) is 3.89. The van der Waals surface area contributed by atoms with Crippen LogP contribution in [0.4, 0.5) is 5.69 Å². The Morgan fingerprint density at radius 2 is 1.96 bits per heavy atom. The molecule has 1 unspecified atom stereocenters. The van der Waals surface area contributed by atoms with Crippen LogP contribution in [0.5, 0.6) is 0 Å². The van der Waals surface area contributed by atoms with Crippen molar-refractivity contribution in [2.75, 3.05) is 24.7 Å². The van der Waals surface area contributed by atoms with E-state index in [0.717, 1.165) is 18.5 Å². The van der Waals surface area contributed by atoms with E-state index in [1.165, 1.54) is 0 Å². The van der Waals surface area contributed by atoms with Crippen molar-refractivity contribution in [3.8, 4) is 0 Å². The number of hydrogen-bond acceptors (Lipinski definition) is 4. The van der Waals surface area contributed by atoms with E-state index < -0.39 is 11.9 Å². The third-order valence-electron chi connectivity index (χ3n) is 5.32. The number of ether oxygens (including phenoxy) is 1. The lowest BCUT2D eigenvalue weighted by Crippen LogP contribution is -2.31. The van der Waals surface area contributed by atoms with Crippen molar-refractivity contribution in [3.63, 3.8) is 0 Å². The van der Waals surface area contributed by atoms with Crippen LogP contribution in [0.15, 0.2) is 30.5 Å². The van der Waals surface area contributed by atoms with Gasteiger partial charge >= 0.3 is 5.97 Å². The highest BCUT2D eigenvalue weighted by Crippen LogP contribution is 2.37. The summed E-state index contributed by atoms with van der Waals surface area (Å²) in [6.45, 7) is 3.45. The number of carboxylic acids is 1. The van der Waals surface area contributed by atoms with Gasteiger partial charge in [0.25, 0.3) is 5.91 Å². The number of carbonyl (C=O) groups is 2. The molecule has 1 aromatic heterocycles. The Morgan fingerprint density at radius 1 is 1.23 bits per heavy atom. The molecule has 4 rings (SSSR count). The highest BCUT2D eigenvalue weighted by atomic mass is 16.5. The van der Waals surface area contributed by atoms with Crippen LogP contribution in [-0.4, -0.2) is 46.5 Å². The monoisotopic (exact) mass is 355 g/mol. The number of amides is 1. The molecule has 26 heavy (non-hydrogen) atoms. The van der Waals surface area contributed by atoms with E-state index in [1.54, 1.807) is 29.3 Å². The number of anilines is 1. The quantitative estimate of drug-likeness (QED) is 0.914. The first-order chi connectivity index (χ1) is 12.6. The van der Waals surface area contributed by atoms with Gasteiger partial charge in [-0.05, 0) is 31.4 Å². The largest absolute Gasteiger partial charge is 0.481 e. The van der Waals surface area contributed by atoms with Crippen molar-refractivity contribution in [2.45, 2.75) is 31.7 Å². The van der Waals surface area contributed by atoms with Crippen LogP contribution in [0.3, 0.4) is 0 Å². The zero-order valence-electron chi connectivity index (χ0n) is 14.6. The molecule has 0 bridgehead atoms. The van der Waals surface area contributed by atoms with Crippen LogP contribution in [0.25, 0.3) is 0 Å². The molecule has 3 heterocycles. The fraction of sp³-hybridized carbons (Fsp3) is 0.421. The fourth-order valence-corrected chi connectivity index (χ4v) is 3.89. The van der Waals surface area contributed by atoms with Gasteiger partial charge in [0.1, 0.15) is 5.92 Å². The number of rotatable bonds is 3. The molecule has 1 fully saturated rings. The summed E-state index contributed by atoms with van der Waals surface area (Å²) in [6.07, 6.45) is 3.36. The van der Waals surface area contributed by atoms with Gasteiger partial charge in [0.05, 0.1) is 17.8 Å². The molecule has 0 aliphatic carbocycles. The molecule has 136 valence electrons. The number of nitrogens with zero attached hydrogens (tertiary/aromatic N) is 3. The molecule has 2 aliphatic rings. The Bertz CT molecular complexity index is 854. The summed E-state index contributed by atoms with van der Waals surface area (Å²) in [4.78, 5) is 26.3. The molecule has 7 heteroatoms. The molecular formula is C19H21N3O4. The van der Waals surface area contributed by atoms with Gasteiger partial charge in [0, 0.05) is 31.1 Å². The van der Waals surface area contributed by atoms with E-state index in [2.05, 4.69) is 5.10 Å². The molecule has 2 aliphatic heterocycles. The summed E-state index contributed by atoms with van der Waals surface area (Å²) in [5.74, 6) is -1.81. The Balaban J connectivity index is 1.65. The lowest BCUT2D eigenvalue weighted by molar-refractivity contribution is -0.138. The maximum atomic E-state index is 13.1. The molecule has 2 aromatic rings. The predicted octanol–water partition coefficient (Wildman–Crippen LogP) is 2.37. The van der Waals surface area contributed by atoms with E-state index in [-0.39, 0.29) is 18.5 Å². The minimum absolute atomic E-state index is 0.148. The molecule has 1 N–H and O–H groups in total. The van der Waals surface area contributed by atoms with E-state index >= 15 is 0 Å². The van der Waals surface area contributed by atoms with E-state index in [4.69, 9.17) is 4.74 Å². The number of benzene rings is 1. The van der Waals surface area contributed by atoms with Crippen LogP contribution in [0.2, 0.25) is 0 Å². The van der Waals surface area contributed by atoms with Gasteiger partial charge in [0.15, 0.2) is 0 Å². The zero-order valence-corrected chi connectivity index (χ0v) is 14.6. The standard InChI is InChI=1S/C19H21N3O4/c1-12-15(10-20-22(12)13-6-8-26-9-7-13)18(23)21-11-16(19(24)25)14-4-2-3-5-17(14)21/h2-5,10,13,16H,6-9,11H2,1H3,(H,24,25). The van der Waals surface area contributed by atoms with Crippen molar-refractivity contribution in [1.82, 2.24) is 9.78 Å². The molecule has 1 amide bonds. The lowest BCUT2D eigenvalue weighted by atomic mass is 10.0. The highest BCUT2D eigenvalue weighted by Gasteiger charge is 2.37. The average Bonchev–Trinajstić information content (AvgIpc) is 3.23. The minimum Gasteiger partial charge on any atom is -0.481 e. The van der Waals surface area contributed by atoms with Crippen molar-refractivity contribution >= 4 is 17.6 Å². The number of carboxylic acid groups (broad SMARTS) is 1. The van der Waals surface area contributed by atoms with Gasteiger partial charge < -0.3 is 14.7 Å². The second-order valence-corrected chi connectivity index (χ2v) is 6.80. The summed E-state index contributed by atoms with van der Waals surface area (Å²) >= 11 is 0. The number of para-hydroxylation sites is 1. The third kappa shape index (κ3) is 2.68. The average molecular weight is 355 g/mol. The van der Waals surface area contributed by atoms with Crippen LogP contribution in [0, 0.1) is 6.92 Å². The summed E-state index contributed by atoms with van der Waals surface area (Å²) < 4.78 is 7.31. The number of carbonyl (C=O) groups excluding carboxylic acids is 1. The molecular weight excluding hydrogens is 334 g/mol.